The Morgan fingerprint density at radius 2 is 0.807 bits per heavy atom. The number of hydrogen-bond donors (Lipinski definition) is 0. The molecule has 0 saturated heterocycles. The van der Waals surface area contributed by atoms with Gasteiger partial charge in [0.1, 0.15) is 0 Å². The van der Waals surface area contributed by atoms with Crippen LogP contribution < -0.4 is 0 Å². The maximum absolute atomic E-state index is 9.41. The molecule has 8 heteroatoms. The van der Waals surface area contributed by atoms with Crippen LogP contribution in [-0.4, -0.2) is 29.9 Å². The van der Waals surface area contributed by atoms with E-state index in [9.17, 15) is 5.26 Å². The lowest BCUT2D eigenvalue weighted by molar-refractivity contribution is 1.07. The maximum Gasteiger partial charge on any atom is 0.165 e. The van der Waals surface area contributed by atoms with Crippen LogP contribution in [0.2, 0.25) is 0 Å². The first-order valence-electron chi connectivity index (χ1n) is 18.4. The summed E-state index contributed by atoms with van der Waals surface area (Å²) in [5.41, 5.74) is 8.07. The molecule has 0 aliphatic carbocycles. The van der Waals surface area contributed by atoms with E-state index in [1.165, 1.54) is 0 Å². The Morgan fingerprint density at radius 3 is 1.37 bits per heavy atom. The first-order chi connectivity index (χ1) is 28.2. The quantitative estimate of drug-likeness (QED) is 0.160. The molecule has 3 heterocycles. The van der Waals surface area contributed by atoms with E-state index in [4.69, 9.17) is 29.9 Å². The fourth-order valence-corrected chi connectivity index (χ4v) is 8.17. The van der Waals surface area contributed by atoms with Gasteiger partial charge in [0.25, 0.3) is 0 Å². The summed E-state index contributed by atoms with van der Waals surface area (Å²) in [6, 6.07) is 60.7. The predicted molar refractivity (Wildman–Crippen MR) is 229 cm³/mol. The largest absolute Gasteiger partial charge is 0.208 e. The highest BCUT2D eigenvalue weighted by atomic mass is 32.1. The van der Waals surface area contributed by atoms with Gasteiger partial charge in [0, 0.05) is 53.6 Å². The molecule has 0 N–H and O–H groups in total. The van der Waals surface area contributed by atoms with Crippen molar-refractivity contribution in [3.8, 4) is 85.5 Å². The van der Waals surface area contributed by atoms with Crippen molar-refractivity contribution < 1.29 is 0 Å². The van der Waals surface area contributed by atoms with E-state index in [1.807, 2.05) is 140 Å². The minimum absolute atomic E-state index is 0.576. The predicted octanol–water partition coefficient (Wildman–Crippen LogP) is 12.0. The number of rotatable bonds is 7. The van der Waals surface area contributed by atoms with E-state index in [0.717, 1.165) is 64.7 Å². The van der Waals surface area contributed by atoms with Crippen molar-refractivity contribution in [3.05, 3.63) is 181 Å². The second-order valence-corrected chi connectivity index (χ2v) is 14.5. The number of fused-ring (bicyclic) bond motifs is 3. The first kappa shape index (κ1) is 33.8. The summed E-state index contributed by atoms with van der Waals surface area (Å²) in [4.78, 5) is 30.0. The summed E-state index contributed by atoms with van der Waals surface area (Å²) in [5, 5.41) is 11.6. The first-order valence-corrected chi connectivity index (χ1v) is 19.2. The highest BCUT2D eigenvalue weighted by molar-refractivity contribution is 7.26. The van der Waals surface area contributed by atoms with Crippen LogP contribution >= 0.6 is 11.3 Å². The van der Waals surface area contributed by atoms with E-state index in [0.29, 0.717) is 40.5 Å². The van der Waals surface area contributed by atoms with Crippen LogP contribution in [0.15, 0.2) is 176 Å². The van der Waals surface area contributed by atoms with Crippen LogP contribution in [0, 0.1) is 11.3 Å². The lowest BCUT2D eigenvalue weighted by Gasteiger charge is -2.09. The van der Waals surface area contributed by atoms with Crippen molar-refractivity contribution in [2.75, 3.05) is 0 Å². The molecule has 3 aromatic heterocycles. The Balaban J connectivity index is 1.09. The minimum atomic E-state index is 0.576. The molecule has 0 bridgehead atoms. The Kier molecular flexibility index (Phi) is 8.60. The third-order valence-corrected chi connectivity index (χ3v) is 11.1. The molecule has 0 aliphatic heterocycles. The van der Waals surface area contributed by atoms with Crippen LogP contribution in [-0.2, 0) is 0 Å². The molecule has 0 spiro atoms. The zero-order valence-electron chi connectivity index (χ0n) is 30.3. The molecule has 0 aliphatic rings. The van der Waals surface area contributed by atoms with Gasteiger partial charge in [-0.3, -0.25) is 0 Å². The van der Waals surface area contributed by atoms with Gasteiger partial charge in [-0.1, -0.05) is 140 Å². The second-order valence-electron chi connectivity index (χ2n) is 13.5. The van der Waals surface area contributed by atoms with Crippen LogP contribution in [0.4, 0.5) is 0 Å². The van der Waals surface area contributed by atoms with E-state index in [2.05, 4.69) is 42.5 Å². The third kappa shape index (κ3) is 6.59. The fraction of sp³-hybridized carbons (Fsp3) is 0. The molecule has 0 fully saturated rings. The topological polar surface area (TPSA) is 101 Å². The minimum Gasteiger partial charge on any atom is -0.208 e. The summed E-state index contributed by atoms with van der Waals surface area (Å²) in [6.45, 7) is 0. The molecule has 0 atom stereocenters. The number of aromatic nitrogens is 6. The van der Waals surface area contributed by atoms with Gasteiger partial charge in [-0.2, -0.15) is 5.26 Å². The van der Waals surface area contributed by atoms with Gasteiger partial charge in [0.05, 0.1) is 11.6 Å². The Bertz CT molecular complexity index is 3060. The number of thiophene rings is 1. The van der Waals surface area contributed by atoms with Crippen molar-refractivity contribution >= 4 is 31.5 Å². The second kappa shape index (κ2) is 14.5. The summed E-state index contributed by atoms with van der Waals surface area (Å²) in [7, 11) is 0. The average Bonchev–Trinajstić information content (AvgIpc) is 3.68. The maximum atomic E-state index is 9.41. The number of nitriles is 1. The Morgan fingerprint density at radius 1 is 0.351 bits per heavy atom. The van der Waals surface area contributed by atoms with Gasteiger partial charge in [-0.05, 0) is 47.5 Å². The molecule has 0 radical (unpaired) electrons. The zero-order chi connectivity index (χ0) is 38.1. The number of nitrogens with zero attached hydrogens (tertiary/aromatic N) is 7. The van der Waals surface area contributed by atoms with Crippen LogP contribution in [0.5, 0.6) is 0 Å². The van der Waals surface area contributed by atoms with Gasteiger partial charge >= 0.3 is 0 Å². The molecular formula is C49H29N7S. The van der Waals surface area contributed by atoms with Crippen LogP contribution in [0.3, 0.4) is 0 Å². The SMILES string of the molecule is N#Cc1cccc(-c2ccc(-c3nc(-c4ccccc4)nc(-c4ccc5sc6c(-c7nc(-c8ccccc8)nc(-c8ccccc8)n7)cccc6c5c4)n3)cc2)c1. The van der Waals surface area contributed by atoms with Crippen molar-refractivity contribution in [3.63, 3.8) is 0 Å². The highest BCUT2D eigenvalue weighted by Crippen LogP contribution is 2.41. The van der Waals surface area contributed by atoms with Gasteiger partial charge in [-0.15, -0.1) is 11.3 Å². The van der Waals surface area contributed by atoms with E-state index >= 15 is 0 Å². The van der Waals surface area contributed by atoms with Crippen molar-refractivity contribution in [1.29, 1.82) is 5.26 Å². The number of hydrogen-bond acceptors (Lipinski definition) is 8. The van der Waals surface area contributed by atoms with Crippen molar-refractivity contribution in [2.24, 2.45) is 0 Å². The van der Waals surface area contributed by atoms with E-state index < -0.39 is 0 Å². The smallest absolute Gasteiger partial charge is 0.165 e. The third-order valence-electron chi connectivity index (χ3n) is 9.83. The standard InChI is InChI=1S/C49H29N7S/c50-30-31-12-10-19-37(28-31)32-22-24-36(25-23-32)47-51-44(33-13-4-1-5-14-33)53-48(54-47)38-26-27-42-41(29-38)39-20-11-21-40(43(39)57-42)49-55-45(34-15-6-2-7-16-34)52-46(56-49)35-17-8-3-9-18-35/h1-29H. The summed E-state index contributed by atoms with van der Waals surface area (Å²) in [5.74, 6) is 3.63. The summed E-state index contributed by atoms with van der Waals surface area (Å²) >= 11 is 1.72. The van der Waals surface area contributed by atoms with Crippen molar-refractivity contribution in [1.82, 2.24) is 29.9 Å². The molecule has 10 aromatic rings. The lowest BCUT2D eigenvalue weighted by Crippen LogP contribution is -2.00. The molecule has 0 saturated carbocycles. The van der Waals surface area contributed by atoms with Crippen LogP contribution in [0.1, 0.15) is 5.56 Å². The van der Waals surface area contributed by atoms with Crippen molar-refractivity contribution in [2.45, 2.75) is 0 Å². The molecule has 7 nitrogen and oxygen atoms in total. The average molecular weight is 748 g/mol. The van der Waals surface area contributed by atoms with E-state index in [1.54, 1.807) is 11.3 Å². The zero-order valence-corrected chi connectivity index (χ0v) is 31.1. The van der Waals surface area contributed by atoms with Gasteiger partial charge < -0.3 is 0 Å². The molecule has 57 heavy (non-hydrogen) atoms. The molecular weight excluding hydrogens is 719 g/mol. The molecule has 0 amide bonds. The highest BCUT2D eigenvalue weighted by Gasteiger charge is 2.18. The molecule has 266 valence electrons. The van der Waals surface area contributed by atoms with Gasteiger partial charge in [0.2, 0.25) is 0 Å². The van der Waals surface area contributed by atoms with Gasteiger partial charge in [0.15, 0.2) is 34.9 Å². The fourth-order valence-electron chi connectivity index (χ4n) is 6.97. The summed E-state index contributed by atoms with van der Waals surface area (Å²) < 4.78 is 2.23. The Labute approximate surface area is 332 Å². The molecule has 10 rings (SSSR count). The lowest BCUT2D eigenvalue weighted by atomic mass is 10.0. The molecule has 7 aromatic carbocycles. The van der Waals surface area contributed by atoms with Gasteiger partial charge in [-0.25, -0.2) is 29.9 Å². The monoisotopic (exact) mass is 747 g/mol. The normalized spacial score (nSPS) is 11.1. The van der Waals surface area contributed by atoms with E-state index in [-0.39, 0.29) is 0 Å². The number of benzene rings is 7. The van der Waals surface area contributed by atoms with Crippen LogP contribution in [0.25, 0.3) is 99.6 Å². The summed E-state index contributed by atoms with van der Waals surface area (Å²) in [6.07, 6.45) is 0. The molecule has 0 unspecified atom stereocenters. The Hall–Kier alpha value is -7.73.